The Balaban J connectivity index is 1.50. The van der Waals surface area contributed by atoms with Crippen molar-refractivity contribution in [3.05, 3.63) is 53.6 Å². The summed E-state index contributed by atoms with van der Waals surface area (Å²) < 4.78 is 28.0. The molecule has 0 saturated heterocycles. The zero-order valence-corrected chi connectivity index (χ0v) is 14.4. The molecular formula is C18H19F2N5O2. The maximum atomic E-state index is 13.3. The zero-order valence-electron chi connectivity index (χ0n) is 14.4. The number of nitrogens with one attached hydrogen (secondary N) is 1. The van der Waals surface area contributed by atoms with Gasteiger partial charge in [-0.1, -0.05) is 6.07 Å². The van der Waals surface area contributed by atoms with Gasteiger partial charge in [0, 0.05) is 24.9 Å². The van der Waals surface area contributed by atoms with Gasteiger partial charge >= 0.3 is 0 Å². The number of rotatable bonds is 5. The van der Waals surface area contributed by atoms with Crippen molar-refractivity contribution >= 4 is 11.5 Å². The Morgan fingerprint density at radius 2 is 2.00 bits per heavy atom. The summed E-state index contributed by atoms with van der Waals surface area (Å²) in [6, 6.07) is 3.82. The summed E-state index contributed by atoms with van der Waals surface area (Å²) in [6.07, 6.45) is 3.32. The standard InChI is InChI=1S/C18H19F2N5O2/c19-12-3-1-10(9-13(12)20)5-6-21-16-18-24-23-17(25(18)8-7-22-16)11-2-4-14(26)15(11)27/h1,3,7-9,11,14-15,26-27H,2,4-6H2,(H,21,22)/t11-,14-,15+/m1/s1. The number of benzene rings is 1. The zero-order chi connectivity index (χ0) is 19.0. The Kier molecular flexibility index (Phi) is 4.71. The summed E-state index contributed by atoms with van der Waals surface area (Å²) in [7, 11) is 0. The number of aromatic nitrogens is 4. The Morgan fingerprint density at radius 3 is 2.74 bits per heavy atom. The van der Waals surface area contributed by atoms with Crippen molar-refractivity contribution in [3.8, 4) is 0 Å². The third-order valence-electron chi connectivity index (χ3n) is 4.96. The Bertz CT molecular complexity index is 964. The lowest BCUT2D eigenvalue weighted by atomic mass is 10.1. The van der Waals surface area contributed by atoms with E-state index in [4.69, 9.17) is 0 Å². The summed E-state index contributed by atoms with van der Waals surface area (Å²) in [5, 5.41) is 31.4. The van der Waals surface area contributed by atoms with Crippen LogP contribution in [0.4, 0.5) is 14.6 Å². The number of anilines is 1. The lowest BCUT2D eigenvalue weighted by Gasteiger charge is -2.14. The molecule has 1 fully saturated rings. The van der Waals surface area contributed by atoms with Crippen LogP contribution in [0, 0.1) is 11.6 Å². The average Bonchev–Trinajstić information content (AvgIpc) is 3.22. The topological polar surface area (TPSA) is 95.6 Å². The van der Waals surface area contributed by atoms with Crippen molar-refractivity contribution in [2.75, 3.05) is 11.9 Å². The number of aliphatic hydroxyl groups is 2. The van der Waals surface area contributed by atoms with Gasteiger partial charge in [-0.2, -0.15) is 0 Å². The SMILES string of the molecule is O[C@@H]1[C@H](O)CC[C@H]1c1nnc2c(NCCc3ccc(F)c(F)c3)nccn12. The molecule has 1 aromatic carbocycles. The Morgan fingerprint density at radius 1 is 1.15 bits per heavy atom. The lowest BCUT2D eigenvalue weighted by Crippen LogP contribution is -2.24. The summed E-state index contributed by atoms with van der Waals surface area (Å²) >= 11 is 0. The summed E-state index contributed by atoms with van der Waals surface area (Å²) in [4.78, 5) is 4.26. The van der Waals surface area contributed by atoms with E-state index in [1.54, 1.807) is 16.8 Å². The van der Waals surface area contributed by atoms with E-state index in [0.717, 1.165) is 6.07 Å². The van der Waals surface area contributed by atoms with Gasteiger partial charge < -0.3 is 15.5 Å². The maximum absolute atomic E-state index is 13.3. The Labute approximate surface area is 153 Å². The summed E-state index contributed by atoms with van der Waals surface area (Å²) in [5.41, 5.74) is 1.17. The van der Waals surface area contributed by atoms with Crippen LogP contribution in [-0.4, -0.2) is 48.5 Å². The molecule has 0 aliphatic heterocycles. The van der Waals surface area contributed by atoms with Crippen LogP contribution in [0.2, 0.25) is 0 Å². The van der Waals surface area contributed by atoms with E-state index in [-0.39, 0.29) is 5.92 Å². The van der Waals surface area contributed by atoms with Crippen LogP contribution in [0.15, 0.2) is 30.6 Å². The molecule has 27 heavy (non-hydrogen) atoms. The molecule has 1 aliphatic rings. The molecule has 3 atom stereocenters. The van der Waals surface area contributed by atoms with Crippen LogP contribution in [0.25, 0.3) is 5.65 Å². The molecule has 0 amide bonds. The van der Waals surface area contributed by atoms with Gasteiger partial charge in [0.1, 0.15) is 5.82 Å². The molecule has 0 unspecified atom stereocenters. The summed E-state index contributed by atoms with van der Waals surface area (Å²) in [6.45, 7) is 0.449. The van der Waals surface area contributed by atoms with Gasteiger partial charge in [0.25, 0.3) is 0 Å². The highest BCUT2D eigenvalue weighted by atomic mass is 19.2. The second-order valence-electron chi connectivity index (χ2n) is 6.69. The fraction of sp³-hybridized carbons (Fsp3) is 0.389. The molecule has 142 valence electrons. The predicted molar refractivity (Wildman–Crippen MR) is 93.3 cm³/mol. The molecule has 2 heterocycles. The van der Waals surface area contributed by atoms with Crippen molar-refractivity contribution in [1.82, 2.24) is 19.6 Å². The van der Waals surface area contributed by atoms with Gasteiger partial charge in [-0.3, -0.25) is 4.40 Å². The van der Waals surface area contributed by atoms with E-state index in [1.807, 2.05) is 0 Å². The highest BCUT2D eigenvalue weighted by Crippen LogP contribution is 2.34. The highest BCUT2D eigenvalue weighted by molar-refractivity contribution is 5.62. The van der Waals surface area contributed by atoms with Gasteiger partial charge in [-0.15, -0.1) is 10.2 Å². The van der Waals surface area contributed by atoms with Crippen molar-refractivity contribution in [2.24, 2.45) is 0 Å². The molecule has 1 aliphatic carbocycles. The minimum absolute atomic E-state index is 0.285. The first kappa shape index (κ1) is 17.7. The van der Waals surface area contributed by atoms with Crippen LogP contribution in [0.3, 0.4) is 0 Å². The van der Waals surface area contributed by atoms with E-state index in [9.17, 15) is 19.0 Å². The van der Waals surface area contributed by atoms with E-state index in [2.05, 4.69) is 20.5 Å². The number of aliphatic hydroxyl groups excluding tert-OH is 2. The quantitative estimate of drug-likeness (QED) is 0.628. The smallest absolute Gasteiger partial charge is 0.203 e. The van der Waals surface area contributed by atoms with Crippen LogP contribution in [0.5, 0.6) is 0 Å². The molecule has 0 bridgehead atoms. The van der Waals surface area contributed by atoms with Crippen LogP contribution in [0.1, 0.15) is 30.1 Å². The number of fused-ring (bicyclic) bond motifs is 1. The second-order valence-corrected chi connectivity index (χ2v) is 6.69. The average molecular weight is 375 g/mol. The van der Waals surface area contributed by atoms with Crippen molar-refractivity contribution < 1.29 is 19.0 Å². The number of hydrogen-bond acceptors (Lipinski definition) is 6. The minimum atomic E-state index is -0.868. The molecule has 2 aromatic heterocycles. The molecule has 9 heteroatoms. The van der Waals surface area contributed by atoms with E-state index >= 15 is 0 Å². The largest absolute Gasteiger partial charge is 0.390 e. The molecule has 1 saturated carbocycles. The highest BCUT2D eigenvalue weighted by Gasteiger charge is 2.37. The fourth-order valence-corrected chi connectivity index (χ4v) is 3.48. The second kappa shape index (κ2) is 7.16. The molecular weight excluding hydrogens is 356 g/mol. The van der Waals surface area contributed by atoms with Crippen molar-refractivity contribution in [3.63, 3.8) is 0 Å². The number of halogens is 2. The third-order valence-corrected chi connectivity index (χ3v) is 4.96. The monoisotopic (exact) mass is 375 g/mol. The van der Waals surface area contributed by atoms with E-state index < -0.39 is 23.8 Å². The van der Waals surface area contributed by atoms with Crippen molar-refractivity contribution in [1.29, 1.82) is 0 Å². The molecule has 0 spiro atoms. The van der Waals surface area contributed by atoms with Crippen LogP contribution < -0.4 is 5.32 Å². The molecule has 3 aromatic rings. The van der Waals surface area contributed by atoms with Crippen molar-refractivity contribution in [2.45, 2.75) is 37.4 Å². The van der Waals surface area contributed by atoms with E-state index in [0.29, 0.717) is 48.7 Å². The molecule has 4 rings (SSSR count). The first-order valence-corrected chi connectivity index (χ1v) is 8.78. The fourth-order valence-electron chi connectivity index (χ4n) is 3.48. The maximum Gasteiger partial charge on any atom is 0.203 e. The van der Waals surface area contributed by atoms with Gasteiger partial charge in [-0.05, 0) is 37.0 Å². The normalized spacial score (nSPS) is 22.4. The minimum Gasteiger partial charge on any atom is -0.390 e. The first-order valence-electron chi connectivity index (χ1n) is 8.78. The molecule has 0 radical (unpaired) electrons. The van der Waals surface area contributed by atoms with Gasteiger partial charge in [0.2, 0.25) is 5.65 Å². The Hall–Kier alpha value is -2.65. The van der Waals surface area contributed by atoms with E-state index in [1.165, 1.54) is 12.1 Å². The molecule has 3 N–H and O–H groups in total. The predicted octanol–water partition coefficient (Wildman–Crippen LogP) is 1.66. The van der Waals surface area contributed by atoms with Gasteiger partial charge in [0.15, 0.2) is 17.5 Å². The van der Waals surface area contributed by atoms with Crippen LogP contribution in [-0.2, 0) is 6.42 Å². The number of nitrogens with zero attached hydrogens (tertiary/aromatic N) is 4. The number of hydrogen-bond donors (Lipinski definition) is 3. The summed E-state index contributed by atoms with van der Waals surface area (Å²) in [5.74, 6) is -0.931. The van der Waals surface area contributed by atoms with Gasteiger partial charge in [-0.25, -0.2) is 13.8 Å². The van der Waals surface area contributed by atoms with Gasteiger partial charge in [0.05, 0.1) is 12.2 Å². The molecule has 7 nitrogen and oxygen atoms in total. The van der Waals surface area contributed by atoms with Crippen LogP contribution >= 0.6 is 0 Å². The first-order chi connectivity index (χ1) is 13.0. The third kappa shape index (κ3) is 3.35. The lowest BCUT2D eigenvalue weighted by molar-refractivity contribution is 0.0338.